The van der Waals surface area contributed by atoms with Gasteiger partial charge in [0.05, 0.1) is 10.7 Å². The summed E-state index contributed by atoms with van der Waals surface area (Å²) < 4.78 is 7.56. The van der Waals surface area contributed by atoms with Crippen LogP contribution in [0.3, 0.4) is 0 Å². The van der Waals surface area contributed by atoms with Crippen LogP contribution in [0.15, 0.2) is 4.42 Å². The highest BCUT2D eigenvalue weighted by atomic mass is 35.5. The first-order chi connectivity index (χ1) is 12.1. The summed E-state index contributed by atoms with van der Waals surface area (Å²) in [5.41, 5.74) is 1.08. The zero-order valence-corrected chi connectivity index (χ0v) is 15.3. The molecule has 1 aliphatic carbocycles. The van der Waals surface area contributed by atoms with E-state index >= 15 is 0 Å². The van der Waals surface area contributed by atoms with Gasteiger partial charge in [-0.05, 0) is 39.0 Å². The summed E-state index contributed by atoms with van der Waals surface area (Å²) in [6.45, 7) is 2.50. The maximum atomic E-state index is 13.1. The van der Waals surface area contributed by atoms with Crippen LogP contribution in [-0.2, 0) is 7.05 Å². The van der Waals surface area contributed by atoms with Crippen molar-refractivity contribution in [2.24, 2.45) is 7.05 Å². The maximum Gasteiger partial charge on any atom is 0.276 e. The van der Waals surface area contributed by atoms with Crippen molar-refractivity contribution >= 4 is 17.5 Å². The Morgan fingerprint density at radius 2 is 1.92 bits per heavy atom. The number of amides is 1. The number of hydrogen-bond donors (Lipinski definition) is 0. The van der Waals surface area contributed by atoms with E-state index in [1.165, 1.54) is 6.42 Å². The fraction of sp³-hybridized carbons (Fsp3) is 0.647. The lowest BCUT2D eigenvalue weighted by atomic mass is 9.85. The highest BCUT2D eigenvalue weighted by Crippen LogP contribution is 2.38. The molecule has 2 aromatic heterocycles. The van der Waals surface area contributed by atoms with Gasteiger partial charge < -0.3 is 9.32 Å². The van der Waals surface area contributed by atoms with Crippen molar-refractivity contribution in [3.05, 3.63) is 28.2 Å². The van der Waals surface area contributed by atoms with E-state index in [0.717, 1.165) is 37.8 Å². The number of carbonyl (C=O) groups excluding carboxylic acids is 1. The molecular weight excluding hydrogens is 342 g/mol. The first-order valence-corrected chi connectivity index (χ1v) is 9.27. The van der Waals surface area contributed by atoms with Gasteiger partial charge in [-0.2, -0.15) is 5.10 Å². The van der Waals surface area contributed by atoms with Crippen LogP contribution < -0.4 is 0 Å². The van der Waals surface area contributed by atoms with E-state index in [2.05, 4.69) is 15.3 Å². The van der Waals surface area contributed by atoms with Gasteiger partial charge in [0.1, 0.15) is 6.04 Å². The van der Waals surface area contributed by atoms with Gasteiger partial charge in [-0.25, -0.2) is 0 Å². The van der Waals surface area contributed by atoms with Crippen LogP contribution >= 0.6 is 11.6 Å². The van der Waals surface area contributed by atoms with E-state index in [0.29, 0.717) is 35.0 Å². The van der Waals surface area contributed by atoms with Crippen molar-refractivity contribution in [3.63, 3.8) is 0 Å². The van der Waals surface area contributed by atoms with Crippen LogP contribution in [0.2, 0.25) is 5.02 Å². The fourth-order valence-electron chi connectivity index (χ4n) is 3.49. The van der Waals surface area contributed by atoms with Crippen LogP contribution in [-0.4, -0.2) is 37.3 Å². The highest BCUT2D eigenvalue weighted by Gasteiger charge is 2.36. The van der Waals surface area contributed by atoms with Gasteiger partial charge in [0, 0.05) is 19.5 Å². The van der Waals surface area contributed by atoms with Crippen LogP contribution in [0, 0.1) is 6.92 Å². The van der Waals surface area contributed by atoms with Gasteiger partial charge >= 0.3 is 0 Å². The topological polar surface area (TPSA) is 77.1 Å². The molecule has 1 saturated carbocycles. The summed E-state index contributed by atoms with van der Waals surface area (Å²) >= 11 is 6.31. The lowest BCUT2D eigenvalue weighted by Gasteiger charge is -2.33. The van der Waals surface area contributed by atoms with Crippen molar-refractivity contribution in [1.29, 1.82) is 0 Å². The average Bonchev–Trinajstić information content (AvgIpc) is 3.14. The number of rotatable bonds is 3. The number of piperidine rings is 1. The number of carbonyl (C=O) groups is 1. The Kier molecular flexibility index (Phi) is 4.27. The zero-order valence-electron chi connectivity index (χ0n) is 14.5. The van der Waals surface area contributed by atoms with Crippen LogP contribution in [0.5, 0.6) is 0 Å². The van der Waals surface area contributed by atoms with Gasteiger partial charge in [-0.3, -0.25) is 9.48 Å². The number of aryl methyl sites for hydroxylation is 1. The minimum Gasteiger partial charge on any atom is -0.423 e. The Labute approximate surface area is 151 Å². The summed E-state index contributed by atoms with van der Waals surface area (Å²) in [7, 11) is 1.79. The molecule has 0 aromatic carbocycles. The van der Waals surface area contributed by atoms with Crippen LogP contribution in [0.4, 0.5) is 0 Å². The predicted octanol–water partition coefficient (Wildman–Crippen LogP) is 3.40. The Morgan fingerprint density at radius 1 is 1.16 bits per heavy atom. The Hall–Kier alpha value is -1.89. The van der Waals surface area contributed by atoms with Crippen LogP contribution in [0.1, 0.15) is 78.4 Å². The molecule has 1 unspecified atom stereocenters. The molecule has 4 rings (SSSR count). The van der Waals surface area contributed by atoms with Crippen molar-refractivity contribution in [2.45, 2.75) is 57.4 Å². The molecule has 0 radical (unpaired) electrons. The highest BCUT2D eigenvalue weighted by molar-refractivity contribution is 6.34. The molecule has 8 heteroatoms. The largest absolute Gasteiger partial charge is 0.423 e. The first kappa shape index (κ1) is 16.6. The third-order valence-corrected chi connectivity index (χ3v) is 5.88. The monoisotopic (exact) mass is 363 g/mol. The smallest absolute Gasteiger partial charge is 0.276 e. The third-order valence-electron chi connectivity index (χ3n) is 5.42. The standard InChI is InChI=1S/C17H22ClN5O2/c1-10-13(18)14(21-22(10)2)17(24)23-9-4-3-8-12(23)16-20-19-15(25-16)11-6-5-7-11/h11-12H,3-9H2,1-2H3. The van der Waals surface area contributed by atoms with E-state index in [9.17, 15) is 4.79 Å². The minimum atomic E-state index is -0.194. The van der Waals surface area contributed by atoms with E-state index in [1.54, 1.807) is 16.6 Å². The van der Waals surface area contributed by atoms with Crippen molar-refractivity contribution in [2.75, 3.05) is 6.54 Å². The van der Waals surface area contributed by atoms with E-state index < -0.39 is 0 Å². The summed E-state index contributed by atoms with van der Waals surface area (Å²) in [6.07, 6.45) is 6.24. The lowest BCUT2D eigenvalue weighted by molar-refractivity contribution is 0.0561. The molecule has 1 amide bonds. The Bertz CT molecular complexity index is 795. The molecule has 2 aliphatic rings. The molecule has 3 heterocycles. The molecule has 0 N–H and O–H groups in total. The number of halogens is 1. The molecule has 1 atom stereocenters. The van der Waals surface area contributed by atoms with E-state index in [1.807, 2.05) is 6.92 Å². The normalized spacial score (nSPS) is 21.4. The molecule has 1 saturated heterocycles. The molecule has 134 valence electrons. The SMILES string of the molecule is Cc1c(Cl)c(C(=O)N2CCCCC2c2nnc(C3CCC3)o2)nn1C. The zero-order chi connectivity index (χ0) is 17.6. The molecule has 2 fully saturated rings. The summed E-state index contributed by atoms with van der Waals surface area (Å²) in [4.78, 5) is 14.8. The molecule has 2 aromatic rings. The first-order valence-electron chi connectivity index (χ1n) is 8.89. The average molecular weight is 364 g/mol. The molecule has 0 spiro atoms. The lowest BCUT2D eigenvalue weighted by Crippen LogP contribution is -2.39. The summed E-state index contributed by atoms with van der Waals surface area (Å²) in [5.74, 6) is 1.48. The number of likely N-dealkylation sites (tertiary alicyclic amines) is 1. The summed E-state index contributed by atoms with van der Waals surface area (Å²) in [6, 6.07) is -0.194. The van der Waals surface area contributed by atoms with Gasteiger partial charge in [-0.15, -0.1) is 10.2 Å². The number of aromatic nitrogens is 4. The van der Waals surface area contributed by atoms with Gasteiger partial charge in [0.2, 0.25) is 11.8 Å². The second-order valence-electron chi connectivity index (χ2n) is 6.99. The molecule has 7 nitrogen and oxygen atoms in total. The second kappa shape index (κ2) is 6.44. The van der Waals surface area contributed by atoms with Gasteiger partial charge in [-0.1, -0.05) is 18.0 Å². The maximum absolute atomic E-state index is 13.1. The second-order valence-corrected chi connectivity index (χ2v) is 7.37. The minimum absolute atomic E-state index is 0.165. The Morgan fingerprint density at radius 3 is 2.56 bits per heavy atom. The van der Waals surface area contributed by atoms with Crippen molar-refractivity contribution in [3.8, 4) is 0 Å². The number of nitrogens with zero attached hydrogens (tertiary/aromatic N) is 5. The molecular formula is C17H22ClN5O2. The van der Waals surface area contributed by atoms with Crippen molar-refractivity contribution < 1.29 is 9.21 Å². The number of hydrogen-bond acceptors (Lipinski definition) is 5. The third kappa shape index (κ3) is 2.84. The van der Waals surface area contributed by atoms with E-state index in [-0.39, 0.29) is 11.9 Å². The Balaban J connectivity index is 1.61. The fourth-order valence-corrected chi connectivity index (χ4v) is 3.73. The van der Waals surface area contributed by atoms with Gasteiger partial charge in [0.25, 0.3) is 5.91 Å². The molecule has 1 aliphatic heterocycles. The summed E-state index contributed by atoms with van der Waals surface area (Å²) in [5, 5.41) is 13.2. The quantitative estimate of drug-likeness (QED) is 0.835. The van der Waals surface area contributed by atoms with Crippen LogP contribution in [0.25, 0.3) is 0 Å². The molecule has 25 heavy (non-hydrogen) atoms. The van der Waals surface area contributed by atoms with Gasteiger partial charge in [0.15, 0.2) is 5.69 Å². The van der Waals surface area contributed by atoms with Crippen molar-refractivity contribution in [1.82, 2.24) is 24.9 Å². The molecule has 0 bridgehead atoms. The van der Waals surface area contributed by atoms with E-state index in [4.69, 9.17) is 16.0 Å². The predicted molar refractivity (Wildman–Crippen MR) is 91.5 cm³/mol.